The van der Waals surface area contributed by atoms with Gasteiger partial charge in [0.15, 0.2) is 0 Å². The first-order valence-corrected chi connectivity index (χ1v) is 4.40. The van der Waals surface area contributed by atoms with Crippen LogP contribution in [0.1, 0.15) is 26.6 Å². The maximum absolute atomic E-state index is 5.64. The number of halogens is 1. The van der Waals surface area contributed by atoms with Crippen molar-refractivity contribution in [3.63, 3.8) is 0 Å². The van der Waals surface area contributed by atoms with Gasteiger partial charge in [-0.25, -0.2) is 4.98 Å². The molecule has 0 aliphatic rings. The van der Waals surface area contributed by atoms with Gasteiger partial charge in [-0.1, -0.05) is 20.8 Å². The zero-order valence-corrected chi connectivity index (χ0v) is 8.76. The minimum Gasteiger partial charge on any atom is -0.368 e. The lowest BCUT2D eigenvalue weighted by molar-refractivity contribution is 0.400. The molecule has 5 heteroatoms. The summed E-state index contributed by atoms with van der Waals surface area (Å²) >= 11 is 5.64. The van der Waals surface area contributed by atoms with E-state index in [0.717, 1.165) is 6.42 Å². The second kappa shape index (κ2) is 3.46. The van der Waals surface area contributed by atoms with E-state index in [2.05, 4.69) is 35.7 Å². The Kier molecular flexibility index (Phi) is 2.71. The van der Waals surface area contributed by atoms with Gasteiger partial charge in [0.1, 0.15) is 5.82 Å². The molecule has 0 amide bonds. The van der Waals surface area contributed by atoms with Crippen LogP contribution in [0.4, 0.5) is 5.95 Å². The molecule has 0 saturated carbocycles. The smallest absolute Gasteiger partial charge is 0.227 e. The Balaban J connectivity index is 2.90. The topological polar surface area (TPSA) is 64.7 Å². The molecule has 0 saturated heterocycles. The zero-order chi connectivity index (χ0) is 10.1. The van der Waals surface area contributed by atoms with Crippen LogP contribution in [0.2, 0.25) is 5.28 Å². The van der Waals surface area contributed by atoms with E-state index in [0.29, 0.717) is 5.82 Å². The molecule has 2 N–H and O–H groups in total. The van der Waals surface area contributed by atoms with Crippen LogP contribution in [0.25, 0.3) is 0 Å². The van der Waals surface area contributed by atoms with E-state index in [-0.39, 0.29) is 16.6 Å². The molecular formula is C8H13ClN4. The highest BCUT2D eigenvalue weighted by Crippen LogP contribution is 2.18. The van der Waals surface area contributed by atoms with Gasteiger partial charge in [0, 0.05) is 6.42 Å². The molecule has 0 aromatic carbocycles. The number of hydrogen-bond acceptors (Lipinski definition) is 4. The van der Waals surface area contributed by atoms with Gasteiger partial charge in [-0.05, 0) is 17.0 Å². The van der Waals surface area contributed by atoms with Gasteiger partial charge in [-0.2, -0.15) is 9.97 Å². The monoisotopic (exact) mass is 200 g/mol. The zero-order valence-electron chi connectivity index (χ0n) is 8.00. The quantitative estimate of drug-likeness (QED) is 0.750. The molecule has 13 heavy (non-hydrogen) atoms. The first-order chi connectivity index (χ1) is 5.87. The largest absolute Gasteiger partial charge is 0.368 e. The van der Waals surface area contributed by atoms with E-state index in [4.69, 9.17) is 17.3 Å². The molecule has 0 unspecified atom stereocenters. The Morgan fingerprint density at radius 1 is 1.23 bits per heavy atom. The maximum Gasteiger partial charge on any atom is 0.227 e. The predicted molar refractivity (Wildman–Crippen MR) is 52.4 cm³/mol. The maximum atomic E-state index is 5.64. The summed E-state index contributed by atoms with van der Waals surface area (Å²) in [5.74, 6) is 0.823. The highest BCUT2D eigenvalue weighted by molar-refractivity contribution is 6.28. The third kappa shape index (κ3) is 3.55. The van der Waals surface area contributed by atoms with Crippen molar-refractivity contribution in [3.8, 4) is 0 Å². The van der Waals surface area contributed by atoms with E-state index in [1.807, 2.05) is 0 Å². The minimum atomic E-state index is 0.122. The van der Waals surface area contributed by atoms with E-state index >= 15 is 0 Å². The number of nitrogen functional groups attached to an aromatic ring is 1. The number of anilines is 1. The second-order valence-electron chi connectivity index (χ2n) is 4.12. The summed E-state index contributed by atoms with van der Waals surface area (Å²) < 4.78 is 0. The van der Waals surface area contributed by atoms with Gasteiger partial charge < -0.3 is 5.73 Å². The molecule has 0 bridgehead atoms. The third-order valence-electron chi connectivity index (χ3n) is 1.36. The number of nitrogens with two attached hydrogens (primary N) is 1. The third-order valence-corrected chi connectivity index (χ3v) is 1.53. The highest BCUT2D eigenvalue weighted by atomic mass is 35.5. The SMILES string of the molecule is CC(C)(C)Cc1nc(N)nc(Cl)n1. The first kappa shape index (κ1) is 10.2. The Labute approximate surface area is 82.6 Å². The average Bonchev–Trinajstić information content (AvgIpc) is 1.78. The summed E-state index contributed by atoms with van der Waals surface area (Å²) in [6.45, 7) is 6.29. The van der Waals surface area contributed by atoms with Crippen molar-refractivity contribution < 1.29 is 0 Å². The molecule has 72 valence electrons. The molecule has 0 aliphatic carbocycles. The van der Waals surface area contributed by atoms with Crippen molar-refractivity contribution in [2.75, 3.05) is 5.73 Å². The molecule has 1 aromatic rings. The van der Waals surface area contributed by atoms with Crippen molar-refractivity contribution in [2.45, 2.75) is 27.2 Å². The number of nitrogens with zero attached hydrogens (tertiary/aromatic N) is 3. The van der Waals surface area contributed by atoms with Gasteiger partial charge >= 0.3 is 0 Å². The molecule has 0 spiro atoms. The molecule has 1 rings (SSSR count). The Bertz CT molecular complexity index is 285. The van der Waals surface area contributed by atoms with Crippen LogP contribution >= 0.6 is 11.6 Å². The number of aromatic nitrogens is 3. The van der Waals surface area contributed by atoms with Crippen molar-refractivity contribution in [3.05, 3.63) is 11.1 Å². The van der Waals surface area contributed by atoms with Crippen LogP contribution in [0.5, 0.6) is 0 Å². The van der Waals surface area contributed by atoms with E-state index in [9.17, 15) is 0 Å². The summed E-state index contributed by atoms with van der Waals surface area (Å²) in [4.78, 5) is 11.7. The summed E-state index contributed by atoms with van der Waals surface area (Å²) in [7, 11) is 0. The van der Waals surface area contributed by atoms with Crippen molar-refractivity contribution in [1.82, 2.24) is 15.0 Å². The Hall–Kier alpha value is -0.900. The molecule has 0 radical (unpaired) electrons. The minimum absolute atomic E-state index is 0.122. The normalized spacial score (nSPS) is 11.7. The summed E-state index contributed by atoms with van der Waals surface area (Å²) in [6.07, 6.45) is 0.736. The average molecular weight is 201 g/mol. The van der Waals surface area contributed by atoms with Crippen LogP contribution in [-0.4, -0.2) is 15.0 Å². The molecular weight excluding hydrogens is 188 g/mol. The summed E-state index contributed by atoms with van der Waals surface area (Å²) in [5, 5.41) is 0.159. The fraction of sp³-hybridized carbons (Fsp3) is 0.625. The lowest BCUT2D eigenvalue weighted by Gasteiger charge is -2.16. The van der Waals surface area contributed by atoms with E-state index < -0.39 is 0 Å². The summed E-state index contributed by atoms with van der Waals surface area (Å²) in [6, 6.07) is 0. The molecule has 0 aliphatic heterocycles. The molecule has 4 nitrogen and oxygen atoms in total. The van der Waals surface area contributed by atoms with Crippen LogP contribution < -0.4 is 5.73 Å². The second-order valence-corrected chi connectivity index (χ2v) is 4.45. The van der Waals surface area contributed by atoms with Crippen molar-refractivity contribution >= 4 is 17.5 Å². The fourth-order valence-electron chi connectivity index (χ4n) is 0.962. The molecule has 0 atom stereocenters. The van der Waals surface area contributed by atoms with E-state index in [1.165, 1.54) is 0 Å². The number of hydrogen-bond donors (Lipinski definition) is 1. The van der Waals surface area contributed by atoms with Gasteiger partial charge in [-0.3, -0.25) is 0 Å². The van der Waals surface area contributed by atoms with Gasteiger partial charge in [0.25, 0.3) is 0 Å². The molecule has 0 fully saturated rings. The Morgan fingerprint density at radius 3 is 2.31 bits per heavy atom. The highest BCUT2D eigenvalue weighted by Gasteiger charge is 2.14. The van der Waals surface area contributed by atoms with Gasteiger partial charge in [0.2, 0.25) is 11.2 Å². The first-order valence-electron chi connectivity index (χ1n) is 4.03. The van der Waals surface area contributed by atoms with Crippen molar-refractivity contribution in [1.29, 1.82) is 0 Å². The summed E-state index contributed by atoms with van der Waals surface area (Å²) in [5.41, 5.74) is 5.55. The number of rotatable bonds is 1. The van der Waals surface area contributed by atoms with Crippen LogP contribution in [-0.2, 0) is 6.42 Å². The molecule has 1 heterocycles. The lowest BCUT2D eigenvalue weighted by atomic mass is 9.92. The van der Waals surface area contributed by atoms with Crippen LogP contribution in [0.15, 0.2) is 0 Å². The lowest BCUT2D eigenvalue weighted by Crippen LogP contribution is -2.13. The van der Waals surface area contributed by atoms with Crippen LogP contribution in [0, 0.1) is 5.41 Å². The Morgan fingerprint density at radius 2 is 1.85 bits per heavy atom. The standard InChI is InChI=1S/C8H13ClN4/c1-8(2,3)4-5-11-6(9)13-7(10)12-5/h4H2,1-3H3,(H2,10,11,12,13). The van der Waals surface area contributed by atoms with Crippen molar-refractivity contribution in [2.24, 2.45) is 5.41 Å². The van der Waals surface area contributed by atoms with Gasteiger partial charge in [0.05, 0.1) is 0 Å². The van der Waals surface area contributed by atoms with Gasteiger partial charge in [-0.15, -0.1) is 0 Å². The fourth-order valence-corrected chi connectivity index (χ4v) is 1.15. The molecule has 1 aromatic heterocycles. The van der Waals surface area contributed by atoms with Crippen LogP contribution in [0.3, 0.4) is 0 Å². The van der Waals surface area contributed by atoms with E-state index in [1.54, 1.807) is 0 Å². The predicted octanol–water partition coefficient (Wildman–Crippen LogP) is 1.70.